The number of carbonyl (C=O) groups excluding carboxylic acids is 1. The van der Waals surface area contributed by atoms with Gasteiger partial charge in [-0.1, -0.05) is 6.07 Å². The van der Waals surface area contributed by atoms with Gasteiger partial charge in [0.15, 0.2) is 15.6 Å². The molecule has 1 unspecified atom stereocenters. The van der Waals surface area contributed by atoms with Gasteiger partial charge in [-0.15, -0.1) is 0 Å². The van der Waals surface area contributed by atoms with Crippen molar-refractivity contribution in [1.29, 1.82) is 5.26 Å². The van der Waals surface area contributed by atoms with Gasteiger partial charge in [0, 0.05) is 38.2 Å². The molecule has 0 saturated carbocycles. The highest BCUT2D eigenvalue weighted by Gasteiger charge is 2.44. The Balaban J connectivity index is 1.28. The molecule has 7 heteroatoms. The Bertz CT molecular complexity index is 1240. The summed E-state index contributed by atoms with van der Waals surface area (Å²) in [5.41, 5.74) is 3.23. The summed E-state index contributed by atoms with van der Waals surface area (Å²) in [6.45, 7) is 1.75. The third-order valence-corrected chi connectivity index (χ3v) is 8.36. The van der Waals surface area contributed by atoms with Crippen molar-refractivity contribution in [2.24, 2.45) is 0 Å². The van der Waals surface area contributed by atoms with E-state index in [0.29, 0.717) is 23.8 Å². The number of aryl methyl sites for hydroxylation is 1. The molecule has 2 aromatic carbocycles. The van der Waals surface area contributed by atoms with E-state index in [2.05, 4.69) is 17.0 Å². The van der Waals surface area contributed by atoms with Crippen molar-refractivity contribution in [1.82, 2.24) is 4.90 Å². The Labute approximate surface area is 188 Å². The lowest BCUT2D eigenvalue weighted by atomic mass is 9.80. The van der Waals surface area contributed by atoms with Crippen LogP contribution in [0.3, 0.4) is 0 Å². The van der Waals surface area contributed by atoms with Gasteiger partial charge in [-0.3, -0.25) is 9.69 Å². The van der Waals surface area contributed by atoms with E-state index in [-0.39, 0.29) is 10.7 Å². The number of piperidine rings is 1. The predicted molar refractivity (Wildman–Crippen MR) is 120 cm³/mol. The van der Waals surface area contributed by atoms with Gasteiger partial charge in [0.1, 0.15) is 11.4 Å². The van der Waals surface area contributed by atoms with Crippen molar-refractivity contribution in [3.05, 3.63) is 58.7 Å². The summed E-state index contributed by atoms with van der Waals surface area (Å²) in [6, 6.07) is 13.3. The first-order valence-corrected chi connectivity index (χ1v) is 13.0. The normalized spacial score (nSPS) is 22.5. The van der Waals surface area contributed by atoms with Gasteiger partial charge < -0.3 is 4.74 Å². The molecule has 2 heterocycles. The fraction of sp³-hybridized carbons (Fsp3) is 0.440. The van der Waals surface area contributed by atoms with Crippen LogP contribution in [0.4, 0.5) is 0 Å². The Morgan fingerprint density at radius 3 is 2.62 bits per heavy atom. The van der Waals surface area contributed by atoms with Gasteiger partial charge in [0.2, 0.25) is 0 Å². The molecule has 3 aliphatic rings. The molecule has 1 atom stereocenters. The molecule has 0 aromatic heterocycles. The SMILES string of the molecule is CS(=O)(=O)c1ccc2c(c1)C(=O)CC1(CCN(C3CCc4cc(C#N)ccc4C3)CC1)O2. The number of ether oxygens (including phenoxy) is 1. The van der Waals surface area contributed by atoms with Gasteiger partial charge in [0.25, 0.3) is 0 Å². The van der Waals surface area contributed by atoms with E-state index in [4.69, 9.17) is 10.00 Å². The number of likely N-dealkylation sites (tertiary alicyclic amines) is 1. The third-order valence-electron chi connectivity index (χ3n) is 7.25. The number of nitriles is 1. The summed E-state index contributed by atoms with van der Waals surface area (Å²) in [7, 11) is -3.37. The van der Waals surface area contributed by atoms with E-state index in [9.17, 15) is 13.2 Å². The molecule has 1 spiro atoms. The summed E-state index contributed by atoms with van der Waals surface area (Å²) < 4.78 is 30.0. The second-order valence-electron chi connectivity index (χ2n) is 9.34. The highest BCUT2D eigenvalue weighted by atomic mass is 32.2. The maximum Gasteiger partial charge on any atom is 0.175 e. The number of nitrogens with zero attached hydrogens (tertiary/aromatic N) is 2. The molecular formula is C25H26N2O4S. The summed E-state index contributed by atoms with van der Waals surface area (Å²) in [4.78, 5) is 15.6. The zero-order valence-electron chi connectivity index (χ0n) is 18.1. The molecule has 5 rings (SSSR count). The molecule has 0 N–H and O–H groups in total. The molecule has 166 valence electrons. The van der Waals surface area contributed by atoms with Crippen LogP contribution in [0, 0.1) is 11.3 Å². The lowest BCUT2D eigenvalue weighted by Gasteiger charge is -2.46. The van der Waals surface area contributed by atoms with Crippen LogP contribution in [0.1, 0.15) is 52.7 Å². The van der Waals surface area contributed by atoms with Crippen LogP contribution in [0.2, 0.25) is 0 Å². The maximum atomic E-state index is 12.9. The minimum absolute atomic E-state index is 0.0370. The van der Waals surface area contributed by atoms with Gasteiger partial charge in [0.05, 0.1) is 28.5 Å². The molecule has 6 nitrogen and oxygen atoms in total. The summed E-state index contributed by atoms with van der Waals surface area (Å²) in [5, 5.41) is 9.12. The van der Waals surface area contributed by atoms with Crippen LogP contribution < -0.4 is 4.74 Å². The Hall–Kier alpha value is -2.69. The number of Topliss-reactive ketones (excluding diaryl/α,β-unsaturated/α-hetero) is 1. The number of hydrogen-bond acceptors (Lipinski definition) is 6. The van der Waals surface area contributed by atoms with Crippen LogP contribution in [0.25, 0.3) is 0 Å². The van der Waals surface area contributed by atoms with Gasteiger partial charge in [-0.05, 0) is 60.7 Å². The highest BCUT2D eigenvalue weighted by molar-refractivity contribution is 7.90. The second kappa shape index (κ2) is 7.72. The lowest BCUT2D eigenvalue weighted by Crippen LogP contribution is -2.54. The summed E-state index contributed by atoms with van der Waals surface area (Å²) in [5.74, 6) is 0.465. The second-order valence-corrected chi connectivity index (χ2v) is 11.4. The molecule has 2 aliphatic heterocycles. The average molecular weight is 451 g/mol. The molecule has 32 heavy (non-hydrogen) atoms. The van der Waals surface area contributed by atoms with Gasteiger partial charge >= 0.3 is 0 Å². The molecule has 2 aromatic rings. The predicted octanol–water partition coefficient (Wildman–Crippen LogP) is 3.32. The van der Waals surface area contributed by atoms with Gasteiger partial charge in [-0.2, -0.15) is 5.26 Å². The minimum Gasteiger partial charge on any atom is -0.486 e. The molecule has 0 amide bonds. The topological polar surface area (TPSA) is 87.5 Å². The van der Waals surface area contributed by atoms with Crippen LogP contribution in [-0.2, 0) is 22.7 Å². The highest BCUT2D eigenvalue weighted by Crippen LogP contribution is 2.41. The smallest absolute Gasteiger partial charge is 0.175 e. The lowest BCUT2D eigenvalue weighted by molar-refractivity contribution is -0.0201. The number of benzene rings is 2. The van der Waals surface area contributed by atoms with E-state index in [1.54, 1.807) is 6.07 Å². The van der Waals surface area contributed by atoms with E-state index in [1.807, 2.05) is 12.1 Å². The Morgan fingerprint density at radius 1 is 1.12 bits per heavy atom. The van der Waals surface area contributed by atoms with Crippen molar-refractivity contribution in [3.63, 3.8) is 0 Å². The van der Waals surface area contributed by atoms with E-state index < -0.39 is 15.4 Å². The minimum atomic E-state index is -3.37. The van der Waals surface area contributed by atoms with E-state index >= 15 is 0 Å². The molecular weight excluding hydrogens is 424 g/mol. The molecule has 0 bridgehead atoms. The average Bonchev–Trinajstić information content (AvgIpc) is 2.78. The summed E-state index contributed by atoms with van der Waals surface area (Å²) >= 11 is 0. The van der Waals surface area contributed by atoms with Crippen LogP contribution in [0.5, 0.6) is 5.75 Å². The number of carbonyl (C=O) groups is 1. The first kappa shape index (κ1) is 21.2. The van der Waals surface area contributed by atoms with Crippen molar-refractivity contribution in [3.8, 4) is 11.8 Å². The molecule has 1 fully saturated rings. The number of fused-ring (bicyclic) bond motifs is 2. The quantitative estimate of drug-likeness (QED) is 0.698. The third kappa shape index (κ3) is 3.82. The standard InChI is InChI=1S/C25H26N2O4S/c1-32(29,30)21-6-7-24-22(14-21)23(28)15-25(31-24)8-10-27(11-9-25)20-5-4-18-12-17(16-26)2-3-19(18)13-20/h2-3,6-7,12,14,20H,4-5,8-11,13,15H2,1H3. The first-order chi connectivity index (χ1) is 15.3. The summed E-state index contributed by atoms with van der Waals surface area (Å²) in [6.07, 6.45) is 6.06. The molecule has 1 saturated heterocycles. The largest absolute Gasteiger partial charge is 0.486 e. The number of rotatable bonds is 2. The number of ketones is 1. The Morgan fingerprint density at radius 2 is 1.91 bits per heavy atom. The zero-order valence-corrected chi connectivity index (χ0v) is 19.0. The van der Waals surface area contributed by atoms with Crippen molar-refractivity contribution in [2.75, 3.05) is 19.3 Å². The molecule has 1 aliphatic carbocycles. The number of hydrogen-bond donors (Lipinski definition) is 0. The van der Waals surface area contributed by atoms with Crippen molar-refractivity contribution in [2.45, 2.75) is 55.1 Å². The molecule has 0 radical (unpaired) electrons. The van der Waals surface area contributed by atoms with Crippen LogP contribution in [-0.4, -0.2) is 50.1 Å². The Kier molecular flexibility index (Phi) is 5.11. The monoisotopic (exact) mass is 450 g/mol. The van der Waals surface area contributed by atoms with Crippen molar-refractivity contribution >= 4 is 15.6 Å². The van der Waals surface area contributed by atoms with E-state index in [1.165, 1.54) is 23.3 Å². The fourth-order valence-electron chi connectivity index (χ4n) is 5.40. The fourth-order valence-corrected chi connectivity index (χ4v) is 6.04. The first-order valence-electron chi connectivity index (χ1n) is 11.1. The zero-order chi connectivity index (χ0) is 22.5. The van der Waals surface area contributed by atoms with Crippen LogP contribution in [0.15, 0.2) is 41.3 Å². The number of sulfone groups is 1. The van der Waals surface area contributed by atoms with Crippen LogP contribution >= 0.6 is 0 Å². The van der Waals surface area contributed by atoms with E-state index in [0.717, 1.165) is 57.0 Å². The van der Waals surface area contributed by atoms with Crippen molar-refractivity contribution < 1.29 is 17.9 Å². The van der Waals surface area contributed by atoms with Gasteiger partial charge in [-0.25, -0.2) is 8.42 Å². The maximum absolute atomic E-state index is 12.9.